The SMILES string of the molecule is C/C=C1/Cc2ccccc2-c2cccc(C)c21. The van der Waals surface area contributed by atoms with Crippen molar-refractivity contribution >= 4 is 5.57 Å². The molecule has 0 aromatic heterocycles. The van der Waals surface area contributed by atoms with Crippen molar-refractivity contribution in [2.45, 2.75) is 20.3 Å². The van der Waals surface area contributed by atoms with Gasteiger partial charge in [0.25, 0.3) is 0 Å². The fourth-order valence-electron chi connectivity index (χ4n) is 2.80. The molecule has 1 aliphatic rings. The molecule has 0 heterocycles. The van der Waals surface area contributed by atoms with Crippen molar-refractivity contribution in [1.29, 1.82) is 0 Å². The molecule has 0 bridgehead atoms. The second-order valence-corrected chi connectivity index (χ2v) is 4.65. The van der Waals surface area contributed by atoms with Gasteiger partial charge in [-0.2, -0.15) is 0 Å². The lowest BCUT2D eigenvalue weighted by atomic mass is 9.80. The van der Waals surface area contributed by atoms with Crippen LogP contribution in [0.2, 0.25) is 0 Å². The Morgan fingerprint density at radius 3 is 2.53 bits per heavy atom. The highest BCUT2D eigenvalue weighted by Crippen LogP contribution is 2.40. The van der Waals surface area contributed by atoms with Crippen molar-refractivity contribution < 1.29 is 0 Å². The molecule has 0 N–H and O–H groups in total. The molecule has 2 aromatic carbocycles. The third-order valence-corrected chi connectivity index (χ3v) is 3.63. The van der Waals surface area contributed by atoms with E-state index in [2.05, 4.69) is 62.4 Å². The standard InChI is InChI=1S/C17H16/c1-3-13-11-14-8-4-5-9-15(14)16-10-6-7-12(2)17(13)16/h3-10H,11H2,1-2H3/b13-3-. The molecule has 3 rings (SSSR count). The Labute approximate surface area is 103 Å². The highest BCUT2D eigenvalue weighted by molar-refractivity contribution is 5.89. The van der Waals surface area contributed by atoms with Gasteiger partial charge in [0.1, 0.15) is 0 Å². The Morgan fingerprint density at radius 2 is 1.71 bits per heavy atom. The summed E-state index contributed by atoms with van der Waals surface area (Å²) < 4.78 is 0. The van der Waals surface area contributed by atoms with Gasteiger partial charge in [-0.1, -0.05) is 48.5 Å². The van der Waals surface area contributed by atoms with Crippen LogP contribution in [0.15, 0.2) is 48.5 Å². The molecule has 0 unspecified atom stereocenters. The molecule has 0 amide bonds. The number of benzene rings is 2. The fraction of sp³-hybridized carbons (Fsp3) is 0.176. The minimum Gasteiger partial charge on any atom is -0.0835 e. The van der Waals surface area contributed by atoms with E-state index in [-0.39, 0.29) is 0 Å². The molecule has 0 fully saturated rings. The zero-order chi connectivity index (χ0) is 11.8. The number of hydrogen-bond donors (Lipinski definition) is 0. The summed E-state index contributed by atoms with van der Waals surface area (Å²) in [6, 6.07) is 15.3. The van der Waals surface area contributed by atoms with Crippen molar-refractivity contribution in [1.82, 2.24) is 0 Å². The maximum Gasteiger partial charge on any atom is -0.00166 e. The monoisotopic (exact) mass is 220 g/mol. The molecule has 0 nitrogen and oxygen atoms in total. The first-order chi connectivity index (χ1) is 8.31. The number of aryl methyl sites for hydroxylation is 1. The first-order valence-electron chi connectivity index (χ1n) is 6.14. The lowest BCUT2D eigenvalue weighted by Gasteiger charge is -2.24. The molecular weight excluding hydrogens is 204 g/mol. The second-order valence-electron chi connectivity index (χ2n) is 4.65. The van der Waals surface area contributed by atoms with Gasteiger partial charge in [-0.3, -0.25) is 0 Å². The minimum atomic E-state index is 1.06. The molecular formula is C17H16. The molecule has 0 atom stereocenters. The quantitative estimate of drug-likeness (QED) is 0.607. The molecule has 0 heteroatoms. The van der Waals surface area contributed by atoms with Gasteiger partial charge >= 0.3 is 0 Å². The van der Waals surface area contributed by atoms with Gasteiger partial charge in [-0.15, -0.1) is 0 Å². The number of fused-ring (bicyclic) bond motifs is 3. The van der Waals surface area contributed by atoms with Crippen LogP contribution in [0.25, 0.3) is 16.7 Å². The van der Waals surface area contributed by atoms with Gasteiger partial charge in [0, 0.05) is 0 Å². The van der Waals surface area contributed by atoms with Crippen molar-refractivity contribution in [2.75, 3.05) is 0 Å². The predicted octanol–water partition coefficient (Wildman–Crippen LogP) is 4.62. The van der Waals surface area contributed by atoms with E-state index in [9.17, 15) is 0 Å². The molecule has 17 heavy (non-hydrogen) atoms. The molecule has 0 aliphatic heterocycles. The third-order valence-electron chi connectivity index (χ3n) is 3.63. The van der Waals surface area contributed by atoms with Gasteiger partial charge in [-0.25, -0.2) is 0 Å². The average Bonchev–Trinajstić information content (AvgIpc) is 2.38. The summed E-state index contributed by atoms with van der Waals surface area (Å²) in [5, 5.41) is 0. The Hall–Kier alpha value is -1.82. The van der Waals surface area contributed by atoms with Gasteiger partial charge in [0.05, 0.1) is 0 Å². The number of rotatable bonds is 0. The summed E-state index contributed by atoms with van der Waals surface area (Å²) in [6.07, 6.45) is 3.31. The molecule has 0 spiro atoms. The maximum atomic E-state index is 2.25. The van der Waals surface area contributed by atoms with Crippen LogP contribution in [-0.2, 0) is 6.42 Å². The van der Waals surface area contributed by atoms with Gasteiger partial charge in [-0.05, 0) is 53.7 Å². The van der Waals surface area contributed by atoms with E-state index in [1.165, 1.54) is 33.4 Å². The predicted molar refractivity (Wildman–Crippen MR) is 74.0 cm³/mol. The largest absolute Gasteiger partial charge is 0.0835 e. The van der Waals surface area contributed by atoms with E-state index >= 15 is 0 Å². The van der Waals surface area contributed by atoms with E-state index in [0.29, 0.717) is 0 Å². The number of allylic oxidation sites excluding steroid dienone is 2. The van der Waals surface area contributed by atoms with Gasteiger partial charge in [0.15, 0.2) is 0 Å². The van der Waals surface area contributed by atoms with Crippen molar-refractivity contribution in [3.05, 3.63) is 65.2 Å². The fourth-order valence-corrected chi connectivity index (χ4v) is 2.80. The smallest absolute Gasteiger partial charge is 0.00166 e. The Bertz CT molecular complexity index is 603. The first-order valence-corrected chi connectivity index (χ1v) is 6.14. The molecule has 0 saturated carbocycles. The van der Waals surface area contributed by atoms with E-state index in [1.807, 2.05) is 0 Å². The normalized spacial score (nSPS) is 15.5. The lowest BCUT2D eigenvalue weighted by Crippen LogP contribution is -2.04. The highest BCUT2D eigenvalue weighted by atomic mass is 14.2. The molecule has 0 saturated heterocycles. The zero-order valence-corrected chi connectivity index (χ0v) is 10.3. The van der Waals surface area contributed by atoms with Crippen LogP contribution in [0.4, 0.5) is 0 Å². The summed E-state index contributed by atoms with van der Waals surface area (Å²) in [5.74, 6) is 0. The highest BCUT2D eigenvalue weighted by Gasteiger charge is 2.19. The minimum absolute atomic E-state index is 1.06. The summed E-state index contributed by atoms with van der Waals surface area (Å²) in [4.78, 5) is 0. The Kier molecular flexibility index (Phi) is 2.36. The van der Waals surface area contributed by atoms with Crippen molar-refractivity contribution in [3.8, 4) is 11.1 Å². The molecule has 84 valence electrons. The van der Waals surface area contributed by atoms with E-state index in [0.717, 1.165) is 6.42 Å². The van der Waals surface area contributed by atoms with Crippen LogP contribution in [-0.4, -0.2) is 0 Å². The van der Waals surface area contributed by atoms with Crippen LogP contribution in [0.3, 0.4) is 0 Å². The van der Waals surface area contributed by atoms with Crippen molar-refractivity contribution in [3.63, 3.8) is 0 Å². The second kappa shape index (κ2) is 3.89. The van der Waals surface area contributed by atoms with E-state index < -0.39 is 0 Å². The van der Waals surface area contributed by atoms with Crippen LogP contribution in [0.5, 0.6) is 0 Å². The zero-order valence-electron chi connectivity index (χ0n) is 10.3. The lowest BCUT2D eigenvalue weighted by molar-refractivity contribution is 1.22. The van der Waals surface area contributed by atoms with Crippen LogP contribution >= 0.6 is 0 Å². The number of hydrogen-bond acceptors (Lipinski definition) is 0. The van der Waals surface area contributed by atoms with Crippen LogP contribution in [0.1, 0.15) is 23.6 Å². The first kappa shape index (κ1) is 10.3. The van der Waals surface area contributed by atoms with E-state index in [4.69, 9.17) is 0 Å². The topological polar surface area (TPSA) is 0 Å². The summed E-state index contributed by atoms with van der Waals surface area (Å²) in [6.45, 7) is 4.34. The Balaban J connectivity index is 2.37. The van der Waals surface area contributed by atoms with Crippen LogP contribution in [0, 0.1) is 6.92 Å². The summed E-state index contributed by atoms with van der Waals surface area (Å²) in [7, 11) is 0. The van der Waals surface area contributed by atoms with Crippen LogP contribution < -0.4 is 0 Å². The third kappa shape index (κ3) is 1.52. The Morgan fingerprint density at radius 1 is 0.941 bits per heavy atom. The summed E-state index contributed by atoms with van der Waals surface area (Å²) in [5.41, 5.74) is 8.51. The van der Waals surface area contributed by atoms with Gasteiger partial charge in [0.2, 0.25) is 0 Å². The molecule has 0 radical (unpaired) electrons. The molecule has 2 aromatic rings. The van der Waals surface area contributed by atoms with Gasteiger partial charge < -0.3 is 0 Å². The average molecular weight is 220 g/mol. The molecule has 1 aliphatic carbocycles. The summed E-state index contributed by atoms with van der Waals surface area (Å²) >= 11 is 0. The van der Waals surface area contributed by atoms with Crippen molar-refractivity contribution in [2.24, 2.45) is 0 Å². The maximum absolute atomic E-state index is 2.25. The van der Waals surface area contributed by atoms with E-state index in [1.54, 1.807) is 0 Å².